The van der Waals surface area contributed by atoms with Gasteiger partial charge in [-0.15, -0.1) is 12.4 Å². The molecule has 0 spiro atoms. The molecule has 0 aromatic rings. The molecule has 0 amide bonds. The molecule has 15 heavy (non-hydrogen) atoms. The van der Waals surface area contributed by atoms with Gasteiger partial charge < -0.3 is 5.32 Å². The highest BCUT2D eigenvalue weighted by molar-refractivity contribution is 7.89. The zero-order valence-corrected chi connectivity index (χ0v) is 11.6. The largest absolute Gasteiger partial charge is 0.315 e. The van der Waals surface area contributed by atoms with E-state index in [1.165, 1.54) is 0 Å². The fraction of sp³-hybridized carbons (Fsp3) is 1.00. The molecule has 0 rings (SSSR count). The lowest BCUT2D eigenvalue weighted by Gasteiger charge is -2.18. The van der Waals surface area contributed by atoms with Gasteiger partial charge in [-0.1, -0.05) is 20.8 Å². The summed E-state index contributed by atoms with van der Waals surface area (Å²) < 4.78 is 24.5. The Bertz CT molecular complexity index is 247. The van der Waals surface area contributed by atoms with Gasteiger partial charge in [0, 0.05) is 19.6 Å². The molecule has 0 aliphatic rings. The molecule has 0 aliphatic carbocycles. The van der Waals surface area contributed by atoms with Crippen molar-refractivity contribution in [3.8, 4) is 0 Å². The van der Waals surface area contributed by atoms with Crippen molar-refractivity contribution in [1.29, 1.82) is 0 Å². The minimum atomic E-state index is -3.03. The Labute approximate surface area is 99.7 Å². The van der Waals surface area contributed by atoms with Gasteiger partial charge in [-0.2, -0.15) is 0 Å². The van der Waals surface area contributed by atoms with Gasteiger partial charge >= 0.3 is 0 Å². The Balaban J connectivity index is 0. The summed E-state index contributed by atoms with van der Waals surface area (Å²) in [7, 11) is -3.03. The first kappa shape index (κ1) is 17.6. The molecular weight excluding hydrogens is 236 g/mol. The summed E-state index contributed by atoms with van der Waals surface area (Å²) in [6, 6.07) is 0. The number of sulfonamides is 1. The van der Waals surface area contributed by atoms with Gasteiger partial charge in [0.1, 0.15) is 0 Å². The van der Waals surface area contributed by atoms with Crippen molar-refractivity contribution >= 4 is 22.4 Å². The predicted octanol–water partition coefficient (Wildman–Crippen LogP) is 0.983. The van der Waals surface area contributed by atoms with E-state index >= 15 is 0 Å². The van der Waals surface area contributed by atoms with Crippen LogP contribution in [0.2, 0.25) is 0 Å². The summed E-state index contributed by atoms with van der Waals surface area (Å²) in [5.41, 5.74) is 0.240. The molecule has 0 heterocycles. The topological polar surface area (TPSA) is 58.2 Å². The van der Waals surface area contributed by atoms with E-state index in [2.05, 4.69) is 30.8 Å². The van der Waals surface area contributed by atoms with Crippen molar-refractivity contribution in [2.75, 3.05) is 25.4 Å². The van der Waals surface area contributed by atoms with Gasteiger partial charge in [-0.3, -0.25) is 0 Å². The first-order valence-corrected chi connectivity index (χ1v) is 6.60. The zero-order valence-electron chi connectivity index (χ0n) is 9.96. The van der Waals surface area contributed by atoms with E-state index in [4.69, 9.17) is 0 Å². The molecule has 0 aliphatic heterocycles. The third-order valence-corrected chi connectivity index (χ3v) is 3.06. The monoisotopic (exact) mass is 258 g/mol. The lowest BCUT2D eigenvalue weighted by Crippen LogP contribution is -2.35. The maximum absolute atomic E-state index is 11.0. The number of hydrogen-bond donors (Lipinski definition) is 2. The Morgan fingerprint density at radius 2 is 1.67 bits per heavy atom. The minimum Gasteiger partial charge on any atom is -0.315 e. The quantitative estimate of drug-likeness (QED) is 0.699. The smallest absolute Gasteiger partial charge is 0.211 e. The normalized spacial score (nSPS) is 12.3. The Hall–Kier alpha value is 0.160. The second-order valence-corrected chi connectivity index (χ2v) is 6.63. The second-order valence-electron chi connectivity index (χ2n) is 4.54. The van der Waals surface area contributed by atoms with E-state index in [0.717, 1.165) is 6.54 Å². The molecule has 6 heteroatoms. The van der Waals surface area contributed by atoms with E-state index in [1.807, 2.05) is 0 Å². The molecule has 0 bridgehead atoms. The standard InChI is InChI=1S/C9H22N2O2S.ClH/c1-5-14(12,13)11-7-6-10-8-9(2,3)4;/h10-11H,5-8H2,1-4H3;1H. The van der Waals surface area contributed by atoms with Crippen LogP contribution in [0.3, 0.4) is 0 Å². The molecule has 4 nitrogen and oxygen atoms in total. The van der Waals surface area contributed by atoms with Gasteiger partial charge in [0.05, 0.1) is 5.75 Å². The van der Waals surface area contributed by atoms with Gasteiger partial charge in [0.2, 0.25) is 10.0 Å². The average Bonchev–Trinajstić information content (AvgIpc) is 2.01. The van der Waals surface area contributed by atoms with Crippen LogP contribution in [0.5, 0.6) is 0 Å². The summed E-state index contributed by atoms with van der Waals surface area (Å²) in [6.45, 7) is 10.1. The maximum atomic E-state index is 11.0. The molecule has 0 saturated carbocycles. The van der Waals surface area contributed by atoms with Crippen LogP contribution in [-0.2, 0) is 10.0 Å². The summed E-state index contributed by atoms with van der Waals surface area (Å²) in [4.78, 5) is 0. The maximum Gasteiger partial charge on any atom is 0.211 e. The van der Waals surface area contributed by atoms with E-state index in [1.54, 1.807) is 6.92 Å². The van der Waals surface area contributed by atoms with E-state index in [-0.39, 0.29) is 23.6 Å². The van der Waals surface area contributed by atoms with Crippen molar-refractivity contribution in [2.24, 2.45) is 5.41 Å². The summed E-state index contributed by atoms with van der Waals surface area (Å²) in [5.74, 6) is 0.145. The number of nitrogens with one attached hydrogen (secondary N) is 2. The number of halogens is 1. The van der Waals surface area contributed by atoms with Crippen LogP contribution in [0, 0.1) is 5.41 Å². The average molecular weight is 259 g/mol. The van der Waals surface area contributed by atoms with E-state index < -0.39 is 10.0 Å². The van der Waals surface area contributed by atoms with Crippen molar-refractivity contribution in [3.63, 3.8) is 0 Å². The lowest BCUT2D eigenvalue weighted by molar-refractivity contribution is 0.382. The highest BCUT2D eigenvalue weighted by atomic mass is 35.5. The Morgan fingerprint density at radius 1 is 1.13 bits per heavy atom. The summed E-state index contributed by atoms with van der Waals surface area (Å²) in [5, 5.41) is 3.20. The van der Waals surface area contributed by atoms with Crippen LogP contribution in [-0.4, -0.2) is 33.8 Å². The van der Waals surface area contributed by atoms with E-state index in [9.17, 15) is 8.42 Å². The van der Waals surface area contributed by atoms with Crippen LogP contribution >= 0.6 is 12.4 Å². The van der Waals surface area contributed by atoms with Crippen molar-refractivity contribution in [1.82, 2.24) is 10.0 Å². The third kappa shape index (κ3) is 12.1. The molecule has 94 valence electrons. The summed E-state index contributed by atoms with van der Waals surface area (Å²) >= 11 is 0. The number of hydrogen-bond acceptors (Lipinski definition) is 3. The van der Waals surface area contributed by atoms with Gasteiger partial charge in [-0.25, -0.2) is 13.1 Å². The van der Waals surface area contributed by atoms with Crippen LogP contribution in [0.15, 0.2) is 0 Å². The van der Waals surface area contributed by atoms with Crippen molar-refractivity contribution in [3.05, 3.63) is 0 Å². The first-order valence-electron chi connectivity index (χ1n) is 4.95. The van der Waals surface area contributed by atoms with Crippen LogP contribution in [0.1, 0.15) is 27.7 Å². The molecule has 0 unspecified atom stereocenters. The molecule has 0 aromatic carbocycles. The zero-order chi connectivity index (χ0) is 11.2. The molecule has 0 saturated heterocycles. The van der Waals surface area contributed by atoms with Gasteiger partial charge in [0.15, 0.2) is 0 Å². The highest BCUT2D eigenvalue weighted by Gasteiger charge is 2.09. The summed E-state index contributed by atoms with van der Waals surface area (Å²) in [6.07, 6.45) is 0. The Morgan fingerprint density at radius 3 is 2.07 bits per heavy atom. The molecule has 0 atom stereocenters. The molecular formula is C9H23ClN2O2S. The molecule has 0 aromatic heterocycles. The van der Waals surface area contributed by atoms with Gasteiger partial charge in [0.25, 0.3) is 0 Å². The molecule has 0 radical (unpaired) electrons. The molecule has 2 N–H and O–H groups in total. The minimum absolute atomic E-state index is 0. The fourth-order valence-electron chi connectivity index (χ4n) is 0.860. The number of rotatable bonds is 6. The second kappa shape index (κ2) is 7.44. The van der Waals surface area contributed by atoms with E-state index in [0.29, 0.717) is 13.1 Å². The van der Waals surface area contributed by atoms with Crippen LogP contribution < -0.4 is 10.0 Å². The van der Waals surface area contributed by atoms with Crippen LogP contribution in [0.4, 0.5) is 0 Å². The first-order chi connectivity index (χ1) is 6.27. The van der Waals surface area contributed by atoms with Crippen molar-refractivity contribution < 1.29 is 8.42 Å². The third-order valence-electron chi connectivity index (χ3n) is 1.66. The van der Waals surface area contributed by atoms with Crippen molar-refractivity contribution in [2.45, 2.75) is 27.7 Å². The molecule has 0 fully saturated rings. The SMILES string of the molecule is CCS(=O)(=O)NCCNCC(C)(C)C.Cl. The predicted molar refractivity (Wildman–Crippen MR) is 67.0 cm³/mol. The Kier molecular flexibility index (Phi) is 8.70. The van der Waals surface area contributed by atoms with Gasteiger partial charge in [-0.05, 0) is 12.3 Å². The fourth-order valence-corrected chi connectivity index (χ4v) is 1.48. The highest BCUT2D eigenvalue weighted by Crippen LogP contribution is 2.09. The van der Waals surface area contributed by atoms with Crippen LogP contribution in [0.25, 0.3) is 0 Å². The lowest BCUT2D eigenvalue weighted by atomic mass is 9.97.